The van der Waals surface area contributed by atoms with Gasteiger partial charge >= 0.3 is 11.9 Å². The van der Waals surface area contributed by atoms with Crippen LogP contribution in [0.2, 0.25) is 5.02 Å². The number of halogens is 4. The molecule has 0 unspecified atom stereocenters. The Labute approximate surface area is 209 Å². The zero-order valence-corrected chi connectivity index (χ0v) is 20.0. The number of hydrogen-bond acceptors (Lipinski definition) is 7. The fourth-order valence-corrected chi connectivity index (χ4v) is 4.64. The second-order valence-corrected chi connectivity index (χ2v) is 8.95. The fourth-order valence-electron chi connectivity index (χ4n) is 4.37. The number of methoxy groups -OCH3 is 1. The van der Waals surface area contributed by atoms with E-state index in [1.165, 1.54) is 12.3 Å². The molecule has 0 bridgehead atoms. The maximum absolute atomic E-state index is 14.2. The van der Waals surface area contributed by atoms with Crippen LogP contribution in [-0.2, 0) is 14.3 Å². The summed E-state index contributed by atoms with van der Waals surface area (Å²) < 4.78 is 47.1. The molecule has 190 valence electrons. The van der Waals surface area contributed by atoms with Crippen molar-refractivity contribution in [3.05, 3.63) is 75.5 Å². The van der Waals surface area contributed by atoms with Gasteiger partial charge in [-0.05, 0) is 30.7 Å². The normalized spacial score (nSPS) is 21.7. The van der Waals surface area contributed by atoms with Gasteiger partial charge in [0.2, 0.25) is 0 Å². The van der Waals surface area contributed by atoms with Gasteiger partial charge in [0.05, 0.1) is 19.2 Å². The van der Waals surface area contributed by atoms with Gasteiger partial charge in [-0.1, -0.05) is 23.7 Å². The Morgan fingerprint density at radius 1 is 1.33 bits per heavy atom. The Morgan fingerprint density at radius 3 is 2.72 bits per heavy atom. The molecule has 12 heteroatoms. The van der Waals surface area contributed by atoms with Crippen LogP contribution in [0.3, 0.4) is 0 Å². The standard InChI is InChI=1S/C24H22ClF3N4O4/c1-12-4-3-7-29-19(12)21-30-16(10-32-11-24(27,28)9-17(32)22(33)34)18(23(35)36-2)20(31-21)14-6-5-13(26)8-15(14)25/h3-8,17,20H,9-11H2,1-2H3,(H,30,31)(H,33,34)/t17-,20-/m0/s1. The molecule has 36 heavy (non-hydrogen) atoms. The number of alkyl halides is 2. The minimum absolute atomic E-state index is 0.0142. The van der Waals surface area contributed by atoms with Crippen molar-refractivity contribution in [1.82, 2.24) is 15.2 Å². The summed E-state index contributed by atoms with van der Waals surface area (Å²) in [5.74, 6) is -5.86. The quantitative estimate of drug-likeness (QED) is 0.560. The number of hydrogen-bond donors (Lipinski definition) is 2. The van der Waals surface area contributed by atoms with E-state index in [9.17, 15) is 27.9 Å². The third-order valence-corrected chi connectivity index (χ3v) is 6.36. The number of aliphatic imine (C=N–C) groups is 1. The van der Waals surface area contributed by atoms with Crippen LogP contribution in [-0.4, -0.2) is 64.9 Å². The molecule has 2 aromatic rings. The summed E-state index contributed by atoms with van der Waals surface area (Å²) in [6.07, 6.45) is 0.670. The Hall–Kier alpha value is -3.44. The van der Waals surface area contributed by atoms with Crippen molar-refractivity contribution in [2.24, 2.45) is 4.99 Å². The molecule has 2 atom stereocenters. The van der Waals surface area contributed by atoms with E-state index in [1.807, 2.05) is 0 Å². The number of rotatable bonds is 6. The minimum atomic E-state index is -3.22. The van der Waals surface area contributed by atoms with Gasteiger partial charge in [0, 0.05) is 35.4 Å². The number of ether oxygens (including phenoxy) is 1. The first-order valence-electron chi connectivity index (χ1n) is 10.9. The molecule has 0 spiro atoms. The van der Waals surface area contributed by atoms with Crippen molar-refractivity contribution >= 4 is 29.4 Å². The van der Waals surface area contributed by atoms with E-state index in [0.717, 1.165) is 29.7 Å². The highest BCUT2D eigenvalue weighted by atomic mass is 35.5. The average Bonchev–Trinajstić information content (AvgIpc) is 3.12. The summed E-state index contributed by atoms with van der Waals surface area (Å²) >= 11 is 6.31. The van der Waals surface area contributed by atoms with Crippen molar-refractivity contribution in [2.75, 3.05) is 20.2 Å². The number of carbonyl (C=O) groups is 2. The monoisotopic (exact) mass is 522 g/mol. The van der Waals surface area contributed by atoms with Gasteiger partial charge in [-0.15, -0.1) is 0 Å². The Balaban J connectivity index is 1.88. The summed E-state index contributed by atoms with van der Waals surface area (Å²) in [7, 11) is 1.14. The molecule has 0 aliphatic carbocycles. The number of pyridine rings is 1. The summed E-state index contributed by atoms with van der Waals surface area (Å²) in [6, 6.07) is 4.51. The molecule has 0 radical (unpaired) electrons. The second-order valence-electron chi connectivity index (χ2n) is 8.54. The van der Waals surface area contributed by atoms with Crippen LogP contribution in [0.4, 0.5) is 13.2 Å². The Kier molecular flexibility index (Phi) is 7.05. The van der Waals surface area contributed by atoms with Crippen LogP contribution in [0.1, 0.15) is 29.3 Å². The van der Waals surface area contributed by atoms with Crippen LogP contribution in [0, 0.1) is 12.7 Å². The van der Waals surface area contributed by atoms with E-state index in [1.54, 1.807) is 19.1 Å². The smallest absolute Gasteiger partial charge is 0.338 e. The molecule has 8 nitrogen and oxygen atoms in total. The average molecular weight is 523 g/mol. The van der Waals surface area contributed by atoms with Crippen LogP contribution in [0.5, 0.6) is 0 Å². The number of esters is 1. The number of nitrogens with zero attached hydrogens (tertiary/aromatic N) is 3. The fraction of sp³-hybridized carbons (Fsp3) is 0.333. The summed E-state index contributed by atoms with van der Waals surface area (Å²) in [5, 5.41) is 12.5. The molecule has 1 aromatic carbocycles. The number of amidine groups is 1. The molecular formula is C24H22ClF3N4O4. The molecule has 0 amide bonds. The highest BCUT2D eigenvalue weighted by Crippen LogP contribution is 2.38. The van der Waals surface area contributed by atoms with E-state index in [-0.39, 0.29) is 34.2 Å². The highest BCUT2D eigenvalue weighted by molar-refractivity contribution is 6.31. The molecule has 3 heterocycles. The van der Waals surface area contributed by atoms with Gasteiger partial charge in [0.1, 0.15) is 23.6 Å². The number of benzene rings is 1. The van der Waals surface area contributed by atoms with Gasteiger partial charge < -0.3 is 15.2 Å². The SMILES string of the molecule is COC(=O)C1=C(CN2CC(F)(F)C[C@H]2C(=O)O)NC(c2ncccc2C)=N[C@H]1c1ccc(F)cc1Cl. The van der Waals surface area contributed by atoms with Crippen molar-refractivity contribution in [3.8, 4) is 0 Å². The number of carbonyl (C=O) groups excluding carboxylic acids is 1. The first-order chi connectivity index (χ1) is 17.0. The van der Waals surface area contributed by atoms with Crippen molar-refractivity contribution in [2.45, 2.75) is 31.4 Å². The van der Waals surface area contributed by atoms with Crippen LogP contribution in [0.15, 0.2) is 52.8 Å². The highest BCUT2D eigenvalue weighted by Gasteiger charge is 2.49. The predicted octanol–water partition coefficient (Wildman–Crippen LogP) is 3.49. The van der Waals surface area contributed by atoms with E-state index >= 15 is 0 Å². The lowest BCUT2D eigenvalue weighted by molar-refractivity contribution is -0.142. The maximum atomic E-state index is 14.2. The molecule has 2 aliphatic heterocycles. The number of aliphatic carboxylic acids is 1. The molecular weight excluding hydrogens is 501 g/mol. The Morgan fingerprint density at radius 2 is 2.08 bits per heavy atom. The minimum Gasteiger partial charge on any atom is -0.480 e. The van der Waals surface area contributed by atoms with Crippen LogP contribution < -0.4 is 5.32 Å². The molecule has 1 fully saturated rings. The maximum Gasteiger partial charge on any atom is 0.338 e. The first-order valence-corrected chi connectivity index (χ1v) is 11.3. The topological polar surface area (TPSA) is 104 Å². The zero-order valence-electron chi connectivity index (χ0n) is 19.3. The number of carboxylic acids is 1. The second kappa shape index (κ2) is 9.90. The van der Waals surface area contributed by atoms with E-state index in [0.29, 0.717) is 5.69 Å². The molecule has 1 aromatic heterocycles. The number of carboxylic acid groups (broad SMARTS) is 1. The zero-order chi connectivity index (χ0) is 26.2. The lowest BCUT2D eigenvalue weighted by Crippen LogP contribution is -2.43. The molecule has 1 saturated heterocycles. The third kappa shape index (κ3) is 5.07. The predicted molar refractivity (Wildman–Crippen MR) is 124 cm³/mol. The first kappa shape index (κ1) is 25.6. The summed E-state index contributed by atoms with van der Waals surface area (Å²) in [6.45, 7) is 0.616. The van der Waals surface area contributed by atoms with Crippen molar-refractivity contribution < 1.29 is 32.6 Å². The lowest BCUT2D eigenvalue weighted by atomic mass is 9.94. The molecule has 2 aliphatic rings. The lowest BCUT2D eigenvalue weighted by Gasteiger charge is -2.31. The van der Waals surface area contributed by atoms with Gasteiger partial charge in [-0.25, -0.2) is 18.0 Å². The number of aromatic nitrogens is 1. The van der Waals surface area contributed by atoms with E-state index in [4.69, 9.17) is 16.3 Å². The Bertz CT molecular complexity index is 1280. The van der Waals surface area contributed by atoms with Gasteiger partial charge in [-0.3, -0.25) is 19.7 Å². The molecule has 0 saturated carbocycles. The third-order valence-electron chi connectivity index (χ3n) is 6.04. The van der Waals surface area contributed by atoms with Crippen LogP contribution >= 0.6 is 11.6 Å². The molecule has 2 N–H and O–H groups in total. The summed E-state index contributed by atoms with van der Waals surface area (Å²) in [5.41, 5.74) is 1.45. The van der Waals surface area contributed by atoms with E-state index < -0.39 is 48.7 Å². The van der Waals surface area contributed by atoms with Gasteiger partial charge in [-0.2, -0.15) is 0 Å². The van der Waals surface area contributed by atoms with E-state index in [2.05, 4.69) is 15.3 Å². The van der Waals surface area contributed by atoms with Crippen molar-refractivity contribution in [1.29, 1.82) is 0 Å². The van der Waals surface area contributed by atoms with Crippen LogP contribution in [0.25, 0.3) is 0 Å². The van der Waals surface area contributed by atoms with Gasteiger partial charge in [0.15, 0.2) is 5.84 Å². The largest absolute Gasteiger partial charge is 0.480 e. The van der Waals surface area contributed by atoms with Gasteiger partial charge in [0.25, 0.3) is 5.92 Å². The molecule has 4 rings (SSSR count). The number of aryl methyl sites for hydroxylation is 1. The number of likely N-dealkylation sites (tertiary alicyclic amines) is 1. The number of nitrogens with one attached hydrogen (secondary N) is 1. The summed E-state index contributed by atoms with van der Waals surface area (Å²) in [4.78, 5) is 34.7. The van der Waals surface area contributed by atoms with Crippen molar-refractivity contribution in [3.63, 3.8) is 0 Å².